The van der Waals surface area contributed by atoms with E-state index in [9.17, 15) is 19.2 Å². The molecule has 0 N–H and O–H groups in total. The number of cyclic esters (lactones) is 4. The van der Waals surface area contributed by atoms with E-state index in [0.29, 0.717) is 39.7 Å². The van der Waals surface area contributed by atoms with Crippen LogP contribution in [-0.4, -0.2) is 23.9 Å². The lowest BCUT2D eigenvalue weighted by Gasteiger charge is -2.12. The molecule has 2 heterocycles. The largest absolute Gasteiger partial charge is 0.457 e. The summed E-state index contributed by atoms with van der Waals surface area (Å²) in [5.41, 5.74) is 2.70. The zero-order valence-corrected chi connectivity index (χ0v) is 21.6. The van der Waals surface area contributed by atoms with Crippen molar-refractivity contribution < 1.29 is 38.1 Å². The minimum absolute atomic E-state index is 0.0472. The molecular formula is C30H14Cl2O8. The molecule has 0 bridgehead atoms. The first-order valence-corrected chi connectivity index (χ1v) is 12.5. The van der Waals surface area contributed by atoms with Crippen LogP contribution in [0, 0.1) is 0 Å². The number of hydrogen-bond donors (Lipinski definition) is 0. The number of rotatable bonds is 6. The molecule has 0 saturated carbocycles. The van der Waals surface area contributed by atoms with Crippen molar-refractivity contribution in [3.8, 4) is 23.0 Å². The van der Waals surface area contributed by atoms with E-state index in [4.69, 9.17) is 32.7 Å². The third-order valence-corrected chi connectivity index (χ3v) is 6.56. The number of ether oxygens (including phenoxy) is 4. The molecular weight excluding hydrogens is 559 g/mol. The van der Waals surface area contributed by atoms with Gasteiger partial charge in [-0.3, -0.25) is 0 Å². The van der Waals surface area contributed by atoms with Gasteiger partial charge in [-0.25, -0.2) is 19.2 Å². The number of esters is 4. The zero-order valence-electron chi connectivity index (χ0n) is 20.1. The Bertz CT molecular complexity index is 1640. The second-order valence-electron chi connectivity index (χ2n) is 8.66. The molecule has 0 unspecified atom stereocenters. The van der Waals surface area contributed by atoms with Crippen LogP contribution in [0.15, 0.2) is 89.4 Å². The highest BCUT2D eigenvalue weighted by atomic mass is 35.5. The maximum absolute atomic E-state index is 11.8. The summed E-state index contributed by atoms with van der Waals surface area (Å²) in [5, 5.41) is 0. The number of hydrogen-bond acceptors (Lipinski definition) is 8. The Balaban J connectivity index is 1.18. The van der Waals surface area contributed by atoms with Gasteiger partial charge in [0.05, 0.1) is 22.3 Å². The van der Waals surface area contributed by atoms with E-state index in [1.165, 1.54) is 24.3 Å². The van der Waals surface area contributed by atoms with Crippen molar-refractivity contribution in [2.75, 3.05) is 0 Å². The molecule has 4 aromatic rings. The van der Waals surface area contributed by atoms with Crippen LogP contribution >= 0.6 is 23.2 Å². The van der Waals surface area contributed by atoms with Gasteiger partial charge in [0, 0.05) is 5.57 Å². The van der Waals surface area contributed by atoms with Gasteiger partial charge in [0.1, 0.15) is 27.5 Å². The molecule has 0 saturated heterocycles. The summed E-state index contributed by atoms with van der Waals surface area (Å²) in [6.07, 6.45) is 0. The number of fused-ring (bicyclic) bond motifs is 2. The molecule has 8 nitrogen and oxygen atoms in total. The highest BCUT2D eigenvalue weighted by Gasteiger charge is 2.31. The van der Waals surface area contributed by atoms with Crippen LogP contribution in [0.25, 0.3) is 5.57 Å². The quantitative estimate of drug-likeness (QED) is 0.178. The summed E-state index contributed by atoms with van der Waals surface area (Å²) < 4.78 is 20.9. The Morgan fingerprint density at radius 2 is 0.825 bits per heavy atom. The van der Waals surface area contributed by atoms with Crippen LogP contribution in [0.4, 0.5) is 0 Å². The molecule has 40 heavy (non-hydrogen) atoms. The fourth-order valence-electron chi connectivity index (χ4n) is 4.29. The average Bonchev–Trinajstić information content (AvgIpc) is 3.38. The third kappa shape index (κ3) is 4.70. The molecule has 0 atom stereocenters. The summed E-state index contributed by atoms with van der Waals surface area (Å²) >= 11 is 12.5. The van der Waals surface area contributed by atoms with Crippen molar-refractivity contribution in [1.82, 2.24) is 0 Å². The number of carbonyl (C=O) groups excluding carboxylic acids is 4. The first-order chi connectivity index (χ1) is 19.3. The molecule has 0 radical (unpaired) electrons. The van der Waals surface area contributed by atoms with E-state index < -0.39 is 23.9 Å². The predicted molar refractivity (Wildman–Crippen MR) is 143 cm³/mol. The zero-order chi connectivity index (χ0) is 28.0. The highest BCUT2D eigenvalue weighted by Crippen LogP contribution is 2.35. The van der Waals surface area contributed by atoms with Crippen LogP contribution in [0.2, 0.25) is 0 Å². The Kier molecular flexibility index (Phi) is 6.34. The van der Waals surface area contributed by atoms with Crippen LogP contribution < -0.4 is 9.47 Å². The van der Waals surface area contributed by atoms with E-state index in [1.54, 1.807) is 60.7 Å². The summed E-state index contributed by atoms with van der Waals surface area (Å²) in [7, 11) is 0. The van der Waals surface area contributed by atoms with Gasteiger partial charge in [-0.15, -0.1) is 0 Å². The lowest BCUT2D eigenvalue weighted by atomic mass is 9.99. The van der Waals surface area contributed by atoms with E-state index in [0.717, 1.165) is 0 Å². The maximum Gasteiger partial charge on any atom is 0.347 e. The second kappa shape index (κ2) is 10.00. The lowest BCUT2D eigenvalue weighted by Crippen LogP contribution is -1.96. The first-order valence-electron chi connectivity index (χ1n) is 11.7. The van der Waals surface area contributed by atoms with Gasteiger partial charge in [0.2, 0.25) is 0 Å². The molecule has 6 rings (SSSR count). The second-order valence-corrected chi connectivity index (χ2v) is 9.61. The van der Waals surface area contributed by atoms with Crippen LogP contribution in [0.3, 0.4) is 0 Å². The SMILES string of the molecule is O=C1OC(=O)c2cc(Oc3ccc(C(=C(Cl)Cl)c4ccc(Oc5ccc6c(c5)C(=O)OC6=O)cc4)cc3)ccc21. The van der Waals surface area contributed by atoms with E-state index >= 15 is 0 Å². The van der Waals surface area contributed by atoms with Crippen molar-refractivity contribution in [3.63, 3.8) is 0 Å². The topological polar surface area (TPSA) is 105 Å². The third-order valence-electron chi connectivity index (χ3n) is 6.18. The van der Waals surface area contributed by atoms with Crippen molar-refractivity contribution in [1.29, 1.82) is 0 Å². The summed E-state index contributed by atoms with van der Waals surface area (Å²) in [5.74, 6) is -1.08. The molecule has 0 fully saturated rings. The Morgan fingerprint density at radius 1 is 0.475 bits per heavy atom. The number of benzene rings is 4. The van der Waals surface area contributed by atoms with Crippen molar-refractivity contribution in [3.05, 3.63) is 123 Å². The van der Waals surface area contributed by atoms with Crippen LogP contribution in [0.5, 0.6) is 23.0 Å². The van der Waals surface area contributed by atoms with E-state index in [-0.39, 0.29) is 26.7 Å². The molecule has 0 aromatic heterocycles. The van der Waals surface area contributed by atoms with Gasteiger partial charge < -0.3 is 18.9 Å². The van der Waals surface area contributed by atoms with E-state index in [2.05, 4.69) is 9.47 Å². The lowest BCUT2D eigenvalue weighted by molar-refractivity contribution is 0.0425. The van der Waals surface area contributed by atoms with Crippen molar-refractivity contribution in [2.45, 2.75) is 0 Å². The first kappa shape index (κ1) is 25.4. The van der Waals surface area contributed by atoms with Crippen LogP contribution in [0.1, 0.15) is 52.6 Å². The molecule has 2 aliphatic rings. The van der Waals surface area contributed by atoms with Crippen molar-refractivity contribution in [2.24, 2.45) is 0 Å². The fraction of sp³-hybridized carbons (Fsp3) is 0. The Morgan fingerprint density at radius 3 is 1.20 bits per heavy atom. The molecule has 0 amide bonds. The minimum Gasteiger partial charge on any atom is -0.457 e. The van der Waals surface area contributed by atoms with E-state index in [1.807, 2.05) is 0 Å². The number of halogens is 2. The fourth-order valence-corrected chi connectivity index (χ4v) is 4.73. The molecule has 0 spiro atoms. The maximum atomic E-state index is 11.8. The average molecular weight is 573 g/mol. The Hall–Kier alpha value is -4.92. The van der Waals surface area contributed by atoms with Crippen LogP contribution in [-0.2, 0) is 9.47 Å². The van der Waals surface area contributed by atoms with Gasteiger partial charge in [0.25, 0.3) is 0 Å². The monoisotopic (exact) mass is 572 g/mol. The van der Waals surface area contributed by atoms with Gasteiger partial charge in [0.15, 0.2) is 0 Å². The molecule has 2 aliphatic heterocycles. The molecule has 10 heteroatoms. The molecule has 196 valence electrons. The minimum atomic E-state index is -0.711. The van der Waals surface area contributed by atoms with Gasteiger partial charge in [-0.1, -0.05) is 47.5 Å². The number of carbonyl (C=O) groups is 4. The normalized spacial score (nSPS) is 13.3. The van der Waals surface area contributed by atoms with Crippen molar-refractivity contribution >= 4 is 52.7 Å². The Labute approximate surface area is 236 Å². The predicted octanol–water partition coefficient (Wildman–Crippen LogP) is 7.09. The molecule has 0 aliphatic carbocycles. The highest BCUT2D eigenvalue weighted by molar-refractivity contribution is 6.59. The smallest absolute Gasteiger partial charge is 0.347 e. The summed E-state index contributed by atoms with van der Waals surface area (Å²) in [4.78, 5) is 46.9. The van der Waals surface area contributed by atoms with Gasteiger partial charge in [-0.2, -0.15) is 0 Å². The van der Waals surface area contributed by atoms with Gasteiger partial charge >= 0.3 is 23.9 Å². The summed E-state index contributed by atoms with van der Waals surface area (Å²) in [6, 6.07) is 23.0. The standard InChI is InChI=1S/C30H14Cl2O8/c31-26(32)25(15-1-5-17(6-2-15)37-19-9-11-21-23(13-19)29(35)39-27(21)33)16-3-7-18(8-4-16)38-20-10-12-22-24(14-20)30(36)40-28(22)34/h1-14H. The van der Waals surface area contributed by atoms with Gasteiger partial charge in [-0.05, 0) is 71.8 Å². The summed E-state index contributed by atoms with van der Waals surface area (Å²) in [6.45, 7) is 0. The molecule has 4 aromatic carbocycles.